The molecule has 2 nitrogen and oxygen atoms in total. The molecule has 0 radical (unpaired) electrons. The Hall–Kier alpha value is -0.380. The number of nitrogens with one attached hydrogen (secondary N) is 1. The summed E-state index contributed by atoms with van der Waals surface area (Å²) >= 11 is 1.85. The number of hydrogen-bond acceptors (Lipinski definition) is 3. The average molecular weight is 295 g/mol. The van der Waals surface area contributed by atoms with Gasteiger partial charge >= 0.3 is 0 Å². The van der Waals surface area contributed by atoms with E-state index in [4.69, 9.17) is 4.74 Å². The number of ether oxygens (including phenoxy) is 1. The first kappa shape index (κ1) is 16.0. The Balaban J connectivity index is 2.29. The van der Waals surface area contributed by atoms with Crippen molar-refractivity contribution in [3.63, 3.8) is 0 Å². The summed E-state index contributed by atoms with van der Waals surface area (Å²) < 4.78 is 6.14. The third kappa shape index (κ3) is 3.44. The molecule has 114 valence electrons. The molecule has 0 aliphatic heterocycles. The van der Waals surface area contributed by atoms with Gasteiger partial charge in [0, 0.05) is 12.0 Å². The standard InChI is InChI=1S/C17H29NOS/c1-4-12-18-16(15-9-13-20-14(15)2)17(19-3)10-7-5-6-8-11-17/h9,13,16,18H,4-8,10-12H2,1-3H3. The Kier molecular flexibility index (Phi) is 6.06. The monoisotopic (exact) mass is 295 g/mol. The van der Waals surface area contributed by atoms with Crippen LogP contribution in [-0.2, 0) is 4.74 Å². The molecule has 0 amide bonds. The highest BCUT2D eigenvalue weighted by molar-refractivity contribution is 7.10. The number of aryl methyl sites for hydroxylation is 1. The Morgan fingerprint density at radius 2 is 2.00 bits per heavy atom. The lowest BCUT2D eigenvalue weighted by Gasteiger charge is -2.40. The predicted octanol–water partition coefficient (Wildman–Crippen LogP) is 4.84. The van der Waals surface area contributed by atoms with Crippen LogP contribution < -0.4 is 5.32 Å². The minimum Gasteiger partial charge on any atom is -0.376 e. The van der Waals surface area contributed by atoms with Crippen LogP contribution in [-0.4, -0.2) is 19.3 Å². The first-order valence-corrected chi connectivity index (χ1v) is 8.94. The maximum absolute atomic E-state index is 6.14. The van der Waals surface area contributed by atoms with E-state index in [0.717, 1.165) is 6.54 Å². The SMILES string of the molecule is CCCNC(c1ccsc1C)C1(OC)CCCCCC1. The largest absolute Gasteiger partial charge is 0.376 e. The topological polar surface area (TPSA) is 21.3 Å². The Morgan fingerprint density at radius 1 is 1.30 bits per heavy atom. The summed E-state index contributed by atoms with van der Waals surface area (Å²) in [7, 11) is 1.91. The molecule has 1 aromatic rings. The van der Waals surface area contributed by atoms with Crippen LogP contribution in [0.25, 0.3) is 0 Å². The van der Waals surface area contributed by atoms with E-state index >= 15 is 0 Å². The van der Waals surface area contributed by atoms with E-state index in [9.17, 15) is 0 Å². The molecule has 0 aromatic carbocycles. The summed E-state index contributed by atoms with van der Waals surface area (Å²) in [6.07, 6.45) is 8.82. The first-order chi connectivity index (χ1) is 9.73. The summed E-state index contributed by atoms with van der Waals surface area (Å²) in [5.74, 6) is 0. The van der Waals surface area contributed by atoms with Gasteiger partial charge in [0.15, 0.2) is 0 Å². The summed E-state index contributed by atoms with van der Waals surface area (Å²) in [5.41, 5.74) is 1.43. The molecule has 0 spiro atoms. The van der Waals surface area contributed by atoms with Crippen LogP contribution in [0.2, 0.25) is 0 Å². The zero-order chi connectivity index (χ0) is 14.4. The van der Waals surface area contributed by atoms with Crippen LogP contribution in [0.1, 0.15) is 68.4 Å². The minimum atomic E-state index is -0.0164. The van der Waals surface area contributed by atoms with Crippen molar-refractivity contribution in [2.45, 2.75) is 70.4 Å². The van der Waals surface area contributed by atoms with Crippen LogP contribution >= 0.6 is 11.3 Å². The lowest BCUT2D eigenvalue weighted by Crippen LogP contribution is -2.45. The number of rotatable bonds is 6. The predicted molar refractivity (Wildman–Crippen MR) is 87.5 cm³/mol. The van der Waals surface area contributed by atoms with E-state index in [1.54, 1.807) is 0 Å². The van der Waals surface area contributed by atoms with Gasteiger partial charge in [0.05, 0.1) is 11.6 Å². The van der Waals surface area contributed by atoms with Crippen LogP contribution in [0.5, 0.6) is 0 Å². The van der Waals surface area contributed by atoms with Crippen LogP contribution in [0.15, 0.2) is 11.4 Å². The van der Waals surface area contributed by atoms with E-state index in [0.29, 0.717) is 6.04 Å². The fourth-order valence-corrected chi connectivity index (χ4v) is 4.24. The highest BCUT2D eigenvalue weighted by Gasteiger charge is 2.40. The van der Waals surface area contributed by atoms with Gasteiger partial charge in [-0.3, -0.25) is 0 Å². The average Bonchev–Trinajstić information content (AvgIpc) is 2.75. The van der Waals surface area contributed by atoms with Crippen molar-refractivity contribution in [3.8, 4) is 0 Å². The molecule has 1 N–H and O–H groups in total. The quantitative estimate of drug-likeness (QED) is 0.758. The van der Waals surface area contributed by atoms with E-state index < -0.39 is 0 Å². The second kappa shape index (κ2) is 7.58. The van der Waals surface area contributed by atoms with Crippen molar-refractivity contribution in [2.75, 3.05) is 13.7 Å². The van der Waals surface area contributed by atoms with Gasteiger partial charge in [0.1, 0.15) is 0 Å². The molecular weight excluding hydrogens is 266 g/mol. The second-order valence-electron chi connectivity index (χ2n) is 6.00. The molecule has 20 heavy (non-hydrogen) atoms. The molecule has 2 rings (SSSR count). The normalized spacial score (nSPS) is 20.6. The summed E-state index contributed by atoms with van der Waals surface area (Å²) in [5, 5.41) is 6.00. The minimum absolute atomic E-state index is 0.0164. The van der Waals surface area contributed by atoms with E-state index in [1.807, 2.05) is 18.4 Å². The Bertz CT molecular complexity index is 393. The van der Waals surface area contributed by atoms with Crippen molar-refractivity contribution in [3.05, 3.63) is 21.9 Å². The van der Waals surface area contributed by atoms with Gasteiger partial charge in [-0.25, -0.2) is 0 Å². The third-order valence-corrected chi connectivity index (χ3v) is 5.55. The number of thiophene rings is 1. The number of hydrogen-bond donors (Lipinski definition) is 1. The van der Waals surface area contributed by atoms with Crippen molar-refractivity contribution in [2.24, 2.45) is 0 Å². The van der Waals surface area contributed by atoms with Gasteiger partial charge in [0.2, 0.25) is 0 Å². The van der Waals surface area contributed by atoms with Crippen molar-refractivity contribution in [1.29, 1.82) is 0 Å². The van der Waals surface area contributed by atoms with Crippen molar-refractivity contribution < 1.29 is 4.74 Å². The zero-order valence-electron chi connectivity index (χ0n) is 13.2. The molecule has 1 heterocycles. The maximum Gasteiger partial charge on any atom is 0.0872 e. The molecule has 0 saturated heterocycles. The van der Waals surface area contributed by atoms with Gasteiger partial charge in [-0.05, 0) is 49.7 Å². The van der Waals surface area contributed by atoms with Crippen LogP contribution in [0, 0.1) is 6.92 Å². The summed E-state index contributed by atoms with van der Waals surface area (Å²) in [4.78, 5) is 1.43. The van der Waals surface area contributed by atoms with E-state index in [2.05, 4.69) is 30.6 Å². The molecule has 1 aliphatic rings. The molecule has 1 fully saturated rings. The first-order valence-electron chi connectivity index (χ1n) is 8.06. The second-order valence-corrected chi connectivity index (χ2v) is 7.12. The van der Waals surface area contributed by atoms with Crippen LogP contribution in [0.4, 0.5) is 0 Å². The van der Waals surface area contributed by atoms with E-state index in [-0.39, 0.29) is 5.60 Å². The van der Waals surface area contributed by atoms with Gasteiger partial charge in [-0.1, -0.05) is 32.6 Å². The highest BCUT2D eigenvalue weighted by Crippen LogP contribution is 2.42. The van der Waals surface area contributed by atoms with E-state index in [1.165, 1.54) is 55.4 Å². The molecule has 1 unspecified atom stereocenters. The van der Waals surface area contributed by atoms with Crippen LogP contribution in [0.3, 0.4) is 0 Å². The molecular formula is C17H29NOS. The summed E-state index contributed by atoms with van der Waals surface area (Å²) in [6, 6.07) is 2.63. The molecule has 1 aliphatic carbocycles. The number of methoxy groups -OCH3 is 1. The molecule has 1 aromatic heterocycles. The molecule has 3 heteroatoms. The lowest BCUT2D eigenvalue weighted by molar-refractivity contribution is -0.0540. The molecule has 0 bridgehead atoms. The van der Waals surface area contributed by atoms with Crippen molar-refractivity contribution in [1.82, 2.24) is 5.32 Å². The lowest BCUT2D eigenvalue weighted by atomic mass is 9.82. The fourth-order valence-electron chi connectivity index (χ4n) is 3.50. The van der Waals surface area contributed by atoms with Gasteiger partial charge in [0.25, 0.3) is 0 Å². The Morgan fingerprint density at radius 3 is 2.50 bits per heavy atom. The van der Waals surface area contributed by atoms with Gasteiger partial charge in [-0.2, -0.15) is 0 Å². The van der Waals surface area contributed by atoms with Gasteiger partial charge < -0.3 is 10.1 Å². The maximum atomic E-state index is 6.14. The fraction of sp³-hybridized carbons (Fsp3) is 0.765. The highest BCUT2D eigenvalue weighted by atomic mass is 32.1. The van der Waals surface area contributed by atoms with Gasteiger partial charge in [-0.15, -0.1) is 11.3 Å². The molecule has 1 saturated carbocycles. The zero-order valence-corrected chi connectivity index (χ0v) is 14.0. The van der Waals surface area contributed by atoms with Crippen molar-refractivity contribution >= 4 is 11.3 Å². The smallest absolute Gasteiger partial charge is 0.0872 e. The Labute approximate surface area is 127 Å². The molecule has 1 atom stereocenters. The third-order valence-electron chi connectivity index (χ3n) is 4.69. The summed E-state index contributed by atoms with van der Waals surface area (Å²) in [6.45, 7) is 5.53.